The summed E-state index contributed by atoms with van der Waals surface area (Å²) in [4.78, 5) is 34.3. The van der Waals surface area contributed by atoms with Crippen LogP contribution in [0.25, 0.3) is 20.7 Å². The molecule has 164 valence electrons. The summed E-state index contributed by atoms with van der Waals surface area (Å²) in [7, 11) is 1.61. The van der Waals surface area contributed by atoms with E-state index in [0.717, 1.165) is 21.6 Å². The van der Waals surface area contributed by atoms with E-state index in [4.69, 9.17) is 4.74 Å². The van der Waals surface area contributed by atoms with Gasteiger partial charge in [0.1, 0.15) is 11.4 Å². The van der Waals surface area contributed by atoms with Crippen molar-refractivity contribution in [2.75, 3.05) is 20.3 Å². The van der Waals surface area contributed by atoms with Crippen LogP contribution in [0.1, 0.15) is 11.1 Å². The SMILES string of the molecule is COCCN(Cc1ccccc1)C(=O)Cn1cnc2sc(-c3ccccc3)c(C)c2c1=O. The van der Waals surface area contributed by atoms with Crippen LogP contribution in [-0.4, -0.2) is 40.6 Å². The van der Waals surface area contributed by atoms with Crippen LogP contribution in [0.2, 0.25) is 0 Å². The quantitative estimate of drug-likeness (QED) is 0.408. The first-order chi connectivity index (χ1) is 15.6. The van der Waals surface area contributed by atoms with E-state index in [1.54, 1.807) is 12.0 Å². The summed E-state index contributed by atoms with van der Waals surface area (Å²) in [6.45, 7) is 3.22. The van der Waals surface area contributed by atoms with Crippen LogP contribution in [0.3, 0.4) is 0 Å². The molecule has 1 amide bonds. The lowest BCUT2D eigenvalue weighted by atomic mass is 10.1. The highest BCUT2D eigenvalue weighted by Crippen LogP contribution is 2.35. The summed E-state index contributed by atoms with van der Waals surface area (Å²) in [5.41, 5.74) is 2.80. The van der Waals surface area contributed by atoms with E-state index in [1.807, 2.05) is 67.6 Å². The monoisotopic (exact) mass is 447 g/mol. The minimum absolute atomic E-state index is 0.0612. The molecule has 0 spiro atoms. The molecule has 2 heterocycles. The summed E-state index contributed by atoms with van der Waals surface area (Å²) in [6.07, 6.45) is 1.48. The Hall–Kier alpha value is -3.29. The molecule has 32 heavy (non-hydrogen) atoms. The fourth-order valence-corrected chi connectivity index (χ4v) is 4.82. The molecule has 0 unspecified atom stereocenters. The van der Waals surface area contributed by atoms with Crippen LogP contribution < -0.4 is 5.56 Å². The number of carbonyl (C=O) groups is 1. The molecule has 6 nitrogen and oxygen atoms in total. The molecule has 2 aromatic heterocycles. The van der Waals surface area contributed by atoms with E-state index in [1.165, 1.54) is 22.2 Å². The van der Waals surface area contributed by atoms with Gasteiger partial charge in [-0.05, 0) is 23.6 Å². The van der Waals surface area contributed by atoms with Crippen molar-refractivity contribution in [1.82, 2.24) is 14.5 Å². The van der Waals surface area contributed by atoms with Crippen LogP contribution in [0.15, 0.2) is 71.8 Å². The number of hydrogen-bond acceptors (Lipinski definition) is 5. The zero-order valence-electron chi connectivity index (χ0n) is 18.2. The van der Waals surface area contributed by atoms with E-state index in [-0.39, 0.29) is 18.0 Å². The van der Waals surface area contributed by atoms with E-state index >= 15 is 0 Å². The fourth-order valence-electron chi connectivity index (χ4n) is 3.68. The Morgan fingerprint density at radius 1 is 1.09 bits per heavy atom. The van der Waals surface area contributed by atoms with Gasteiger partial charge in [-0.3, -0.25) is 14.2 Å². The third-order valence-electron chi connectivity index (χ3n) is 5.39. The highest BCUT2D eigenvalue weighted by molar-refractivity contribution is 7.22. The second kappa shape index (κ2) is 9.89. The Morgan fingerprint density at radius 2 is 1.78 bits per heavy atom. The number of ether oxygens (including phenoxy) is 1. The normalized spacial score (nSPS) is 11.1. The Morgan fingerprint density at radius 3 is 2.47 bits per heavy atom. The van der Waals surface area contributed by atoms with Gasteiger partial charge in [0.25, 0.3) is 5.56 Å². The number of thiophene rings is 1. The average molecular weight is 448 g/mol. The van der Waals surface area contributed by atoms with Crippen LogP contribution in [-0.2, 0) is 22.6 Å². The van der Waals surface area contributed by atoms with Crippen molar-refractivity contribution in [3.8, 4) is 10.4 Å². The Balaban J connectivity index is 1.62. The summed E-state index contributed by atoms with van der Waals surface area (Å²) >= 11 is 1.50. The first-order valence-corrected chi connectivity index (χ1v) is 11.2. The van der Waals surface area contributed by atoms with Gasteiger partial charge in [0.15, 0.2) is 0 Å². The lowest BCUT2D eigenvalue weighted by Crippen LogP contribution is -2.38. The highest BCUT2D eigenvalue weighted by atomic mass is 32.1. The second-order valence-corrected chi connectivity index (χ2v) is 8.57. The summed E-state index contributed by atoms with van der Waals surface area (Å²) in [5, 5.41) is 0.579. The van der Waals surface area contributed by atoms with Crippen molar-refractivity contribution in [2.24, 2.45) is 0 Å². The number of methoxy groups -OCH3 is 1. The maximum atomic E-state index is 13.3. The first-order valence-electron chi connectivity index (χ1n) is 10.4. The van der Waals surface area contributed by atoms with E-state index in [0.29, 0.717) is 29.9 Å². The van der Waals surface area contributed by atoms with E-state index in [2.05, 4.69) is 4.98 Å². The molecule has 7 heteroatoms. The Kier molecular flexibility index (Phi) is 6.78. The van der Waals surface area contributed by atoms with Crippen molar-refractivity contribution in [3.63, 3.8) is 0 Å². The molecule has 0 atom stereocenters. The smallest absolute Gasteiger partial charge is 0.262 e. The van der Waals surface area contributed by atoms with Crippen LogP contribution in [0, 0.1) is 6.92 Å². The first kappa shape index (κ1) is 21.9. The molecule has 0 aliphatic heterocycles. The van der Waals surface area contributed by atoms with Gasteiger partial charge < -0.3 is 9.64 Å². The lowest BCUT2D eigenvalue weighted by molar-refractivity contribution is -0.133. The number of aryl methyl sites for hydroxylation is 1. The maximum absolute atomic E-state index is 13.3. The zero-order chi connectivity index (χ0) is 22.5. The van der Waals surface area contributed by atoms with Crippen LogP contribution in [0.4, 0.5) is 0 Å². The molecule has 0 bridgehead atoms. The van der Waals surface area contributed by atoms with Crippen molar-refractivity contribution < 1.29 is 9.53 Å². The average Bonchev–Trinajstić information content (AvgIpc) is 3.16. The van der Waals surface area contributed by atoms with E-state index in [9.17, 15) is 9.59 Å². The number of fused-ring (bicyclic) bond motifs is 1. The molecule has 0 fully saturated rings. The lowest BCUT2D eigenvalue weighted by Gasteiger charge is -2.23. The summed E-state index contributed by atoms with van der Waals surface area (Å²) in [5.74, 6) is -0.148. The summed E-state index contributed by atoms with van der Waals surface area (Å²) < 4.78 is 6.59. The van der Waals surface area contributed by atoms with Gasteiger partial charge in [0.05, 0.1) is 18.3 Å². The highest BCUT2D eigenvalue weighted by Gasteiger charge is 2.19. The molecule has 0 saturated carbocycles. The molecule has 0 N–H and O–H groups in total. The minimum Gasteiger partial charge on any atom is -0.383 e. The third kappa shape index (κ3) is 4.64. The fraction of sp³-hybridized carbons (Fsp3) is 0.240. The van der Waals surface area contributed by atoms with Crippen LogP contribution >= 0.6 is 11.3 Å². The van der Waals surface area contributed by atoms with Gasteiger partial charge >= 0.3 is 0 Å². The van der Waals surface area contributed by atoms with Gasteiger partial charge in [0.2, 0.25) is 5.91 Å². The number of rotatable bonds is 8. The molecule has 2 aromatic carbocycles. The molecule has 0 aliphatic rings. The number of hydrogen-bond donors (Lipinski definition) is 0. The third-order valence-corrected chi connectivity index (χ3v) is 6.64. The molecule has 0 aliphatic carbocycles. The van der Waals surface area contributed by atoms with Crippen molar-refractivity contribution in [1.29, 1.82) is 0 Å². The van der Waals surface area contributed by atoms with Gasteiger partial charge in [-0.1, -0.05) is 60.7 Å². The molecule has 4 rings (SSSR count). The predicted octanol–water partition coefficient (Wildman–Crippen LogP) is 4.11. The zero-order valence-corrected chi connectivity index (χ0v) is 19.0. The van der Waals surface area contributed by atoms with Crippen molar-refractivity contribution in [3.05, 3.63) is 88.5 Å². The molecular weight excluding hydrogens is 422 g/mol. The van der Waals surface area contributed by atoms with E-state index < -0.39 is 0 Å². The standard InChI is InChI=1S/C25H25N3O3S/c1-18-22-24(32-23(18)20-11-7-4-8-12-20)26-17-28(25(22)30)16-21(29)27(13-14-31-2)15-19-9-5-3-6-10-19/h3-12,17H,13-16H2,1-2H3. The van der Waals surface area contributed by atoms with Crippen molar-refractivity contribution >= 4 is 27.5 Å². The largest absolute Gasteiger partial charge is 0.383 e. The predicted molar refractivity (Wildman–Crippen MR) is 128 cm³/mol. The van der Waals surface area contributed by atoms with Gasteiger partial charge in [-0.2, -0.15) is 0 Å². The molecule has 4 aromatic rings. The second-order valence-electron chi connectivity index (χ2n) is 7.57. The van der Waals surface area contributed by atoms with Gasteiger partial charge in [0, 0.05) is 25.1 Å². The number of aromatic nitrogens is 2. The number of amides is 1. The van der Waals surface area contributed by atoms with Gasteiger partial charge in [-0.15, -0.1) is 11.3 Å². The van der Waals surface area contributed by atoms with Crippen LogP contribution in [0.5, 0.6) is 0 Å². The topological polar surface area (TPSA) is 64.4 Å². The number of benzene rings is 2. The molecule has 0 radical (unpaired) electrons. The molecule has 0 saturated heterocycles. The Bertz CT molecular complexity index is 1270. The van der Waals surface area contributed by atoms with Crippen molar-refractivity contribution in [2.45, 2.75) is 20.0 Å². The number of carbonyl (C=O) groups excluding carboxylic acids is 1. The number of nitrogens with zero attached hydrogens (tertiary/aromatic N) is 3. The minimum atomic E-state index is -0.189. The molecular formula is C25H25N3O3S. The maximum Gasteiger partial charge on any atom is 0.262 e. The Labute approximate surface area is 190 Å². The summed E-state index contributed by atoms with van der Waals surface area (Å²) in [6, 6.07) is 19.8. The van der Waals surface area contributed by atoms with Gasteiger partial charge in [-0.25, -0.2) is 4.98 Å².